The van der Waals surface area contributed by atoms with E-state index < -0.39 is 17.4 Å². The Morgan fingerprint density at radius 2 is 1.65 bits per heavy atom. The topological polar surface area (TPSA) is 69.6 Å². The van der Waals surface area contributed by atoms with Gasteiger partial charge in [-0.15, -0.1) is 0 Å². The van der Waals surface area contributed by atoms with E-state index in [1.807, 2.05) is 20.8 Å². The number of urea groups is 1. The van der Waals surface area contributed by atoms with Crippen molar-refractivity contribution in [2.75, 3.05) is 7.05 Å². The maximum absolute atomic E-state index is 12.3. The lowest BCUT2D eigenvalue weighted by molar-refractivity contribution is -0.142. The van der Waals surface area contributed by atoms with E-state index in [1.165, 1.54) is 12.8 Å². The molecular weight excluding hydrogens is 256 g/mol. The van der Waals surface area contributed by atoms with Crippen LogP contribution in [0.25, 0.3) is 0 Å². The molecule has 2 N–H and O–H groups in total. The summed E-state index contributed by atoms with van der Waals surface area (Å²) in [6.45, 7) is 5.45. The molecule has 1 aliphatic carbocycles. The van der Waals surface area contributed by atoms with E-state index in [0.717, 1.165) is 25.7 Å². The average molecular weight is 284 g/mol. The Bertz CT molecular complexity index is 342. The van der Waals surface area contributed by atoms with E-state index >= 15 is 0 Å². The zero-order valence-electron chi connectivity index (χ0n) is 13.1. The zero-order valence-corrected chi connectivity index (χ0v) is 13.1. The number of hydrogen-bond donors (Lipinski definition) is 2. The summed E-state index contributed by atoms with van der Waals surface area (Å²) >= 11 is 0. The molecule has 2 amide bonds. The summed E-state index contributed by atoms with van der Waals surface area (Å²) < 4.78 is 0. The van der Waals surface area contributed by atoms with Gasteiger partial charge in [0.05, 0.1) is 0 Å². The van der Waals surface area contributed by atoms with Gasteiger partial charge < -0.3 is 15.3 Å². The highest BCUT2D eigenvalue weighted by molar-refractivity contribution is 5.83. The molecule has 1 atom stereocenters. The minimum absolute atomic E-state index is 0.229. The summed E-state index contributed by atoms with van der Waals surface area (Å²) in [5.41, 5.74) is -0.508. The van der Waals surface area contributed by atoms with Crippen LogP contribution in [-0.4, -0.2) is 41.1 Å². The highest BCUT2D eigenvalue weighted by Gasteiger charge is 2.34. The lowest BCUT2D eigenvalue weighted by atomic mass is 9.87. The van der Waals surface area contributed by atoms with Crippen molar-refractivity contribution in [3.8, 4) is 0 Å². The first-order valence-electron chi connectivity index (χ1n) is 7.49. The number of carbonyl (C=O) groups is 2. The van der Waals surface area contributed by atoms with Crippen molar-refractivity contribution < 1.29 is 14.7 Å². The molecule has 0 bridgehead atoms. The summed E-state index contributed by atoms with van der Waals surface area (Å²) in [6, 6.07) is -0.922. The van der Waals surface area contributed by atoms with Crippen molar-refractivity contribution >= 4 is 12.0 Å². The number of nitrogens with one attached hydrogen (secondary N) is 1. The second kappa shape index (κ2) is 6.95. The fourth-order valence-corrected chi connectivity index (χ4v) is 2.68. The summed E-state index contributed by atoms with van der Waals surface area (Å²) in [5.74, 6) is -0.986. The molecule has 1 aliphatic rings. The van der Waals surface area contributed by atoms with Gasteiger partial charge in [0.15, 0.2) is 0 Å². The third kappa shape index (κ3) is 4.69. The molecule has 0 aromatic rings. The number of carboxylic acid groups (broad SMARTS) is 1. The summed E-state index contributed by atoms with van der Waals surface area (Å²) in [7, 11) is 1.77. The smallest absolute Gasteiger partial charge is 0.326 e. The van der Waals surface area contributed by atoms with E-state index in [4.69, 9.17) is 0 Å². The molecule has 0 aliphatic heterocycles. The molecular formula is C15H28N2O3. The standard InChI is InChI=1S/C15H28N2O3/c1-15(2,3)12(13(18)19)16-14(20)17(4)11-9-7-5-6-8-10-11/h11-12H,5-10H2,1-4H3,(H,16,20)(H,18,19)/t12-/m0/s1. The molecule has 116 valence electrons. The van der Waals surface area contributed by atoms with Gasteiger partial charge in [-0.05, 0) is 18.3 Å². The minimum atomic E-state index is -0.986. The molecule has 0 heterocycles. The number of nitrogens with zero attached hydrogens (tertiary/aromatic N) is 1. The molecule has 0 radical (unpaired) electrons. The molecule has 5 heteroatoms. The van der Waals surface area contributed by atoms with Crippen LogP contribution in [0.2, 0.25) is 0 Å². The van der Waals surface area contributed by atoms with E-state index in [2.05, 4.69) is 5.32 Å². The maximum atomic E-state index is 12.3. The Hall–Kier alpha value is -1.26. The number of amides is 2. The van der Waals surface area contributed by atoms with Crippen molar-refractivity contribution in [2.45, 2.75) is 71.4 Å². The predicted octanol–water partition coefficient (Wildman–Crippen LogP) is 2.85. The molecule has 20 heavy (non-hydrogen) atoms. The number of hydrogen-bond acceptors (Lipinski definition) is 2. The average Bonchev–Trinajstić information content (AvgIpc) is 2.61. The molecule has 5 nitrogen and oxygen atoms in total. The van der Waals surface area contributed by atoms with Gasteiger partial charge in [-0.25, -0.2) is 9.59 Å². The first kappa shape index (κ1) is 16.8. The van der Waals surface area contributed by atoms with Crippen LogP contribution in [0, 0.1) is 5.41 Å². The maximum Gasteiger partial charge on any atom is 0.326 e. The first-order valence-corrected chi connectivity index (χ1v) is 7.49. The first-order chi connectivity index (χ1) is 9.23. The highest BCUT2D eigenvalue weighted by atomic mass is 16.4. The normalized spacial score (nSPS) is 19.0. The van der Waals surface area contributed by atoms with Crippen molar-refractivity contribution in [2.24, 2.45) is 5.41 Å². The zero-order chi connectivity index (χ0) is 15.3. The van der Waals surface area contributed by atoms with E-state index in [0.29, 0.717) is 0 Å². The largest absolute Gasteiger partial charge is 0.480 e. The van der Waals surface area contributed by atoms with E-state index in [-0.39, 0.29) is 12.1 Å². The van der Waals surface area contributed by atoms with Crippen LogP contribution in [-0.2, 0) is 4.79 Å². The van der Waals surface area contributed by atoms with Gasteiger partial charge in [-0.1, -0.05) is 46.5 Å². The summed E-state index contributed by atoms with van der Waals surface area (Å²) in [6.07, 6.45) is 6.76. The molecule has 0 saturated heterocycles. The SMILES string of the molecule is CN(C(=O)N[C@@H](C(=O)O)C(C)(C)C)C1CCCCCC1. The van der Waals surface area contributed by atoms with Crippen LogP contribution in [0.5, 0.6) is 0 Å². The molecule has 1 saturated carbocycles. The fourth-order valence-electron chi connectivity index (χ4n) is 2.68. The summed E-state index contributed by atoms with van der Waals surface area (Å²) in [4.78, 5) is 25.3. The Morgan fingerprint density at radius 1 is 1.15 bits per heavy atom. The van der Waals surface area contributed by atoms with Gasteiger partial charge in [-0.2, -0.15) is 0 Å². The van der Waals surface area contributed by atoms with Crippen LogP contribution in [0.1, 0.15) is 59.3 Å². The van der Waals surface area contributed by atoms with Crippen LogP contribution in [0.4, 0.5) is 4.79 Å². The molecule has 0 spiro atoms. The molecule has 0 aromatic heterocycles. The Labute approximate surface area is 121 Å². The third-order valence-electron chi connectivity index (χ3n) is 4.07. The second-order valence-electron chi connectivity index (χ2n) is 6.84. The quantitative estimate of drug-likeness (QED) is 0.783. The molecule has 0 aromatic carbocycles. The van der Waals surface area contributed by atoms with Gasteiger partial charge in [0.25, 0.3) is 0 Å². The number of carboxylic acids is 1. The predicted molar refractivity (Wildman–Crippen MR) is 78.7 cm³/mol. The van der Waals surface area contributed by atoms with Gasteiger partial charge >= 0.3 is 12.0 Å². The van der Waals surface area contributed by atoms with Crippen LogP contribution in [0.3, 0.4) is 0 Å². The van der Waals surface area contributed by atoms with E-state index in [1.54, 1.807) is 11.9 Å². The van der Waals surface area contributed by atoms with Crippen LogP contribution < -0.4 is 5.32 Å². The van der Waals surface area contributed by atoms with Crippen molar-refractivity contribution in [3.05, 3.63) is 0 Å². The summed E-state index contributed by atoms with van der Waals surface area (Å²) in [5, 5.41) is 11.9. The highest BCUT2D eigenvalue weighted by Crippen LogP contribution is 2.23. The van der Waals surface area contributed by atoms with Gasteiger partial charge in [0.1, 0.15) is 6.04 Å². The van der Waals surface area contributed by atoms with Gasteiger partial charge in [0, 0.05) is 13.1 Å². The molecule has 0 unspecified atom stereocenters. The van der Waals surface area contributed by atoms with E-state index in [9.17, 15) is 14.7 Å². The number of aliphatic carboxylic acids is 1. The second-order valence-corrected chi connectivity index (χ2v) is 6.84. The van der Waals surface area contributed by atoms with Crippen LogP contribution >= 0.6 is 0 Å². The molecule has 1 fully saturated rings. The monoisotopic (exact) mass is 284 g/mol. The van der Waals surface area contributed by atoms with Crippen molar-refractivity contribution in [1.29, 1.82) is 0 Å². The lowest BCUT2D eigenvalue weighted by Crippen LogP contribution is -2.54. The fraction of sp³-hybridized carbons (Fsp3) is 0.867. The Morgan fingerprint density at radius 3 is 2.05 bits per heavy atom. The van der Waals surface area contributed by atoms with Crippen molar-refractivity contribution in [3.63, 3.8) is 0 Å². The van der Waals surface area contributed by atoms with Crippen LogP contribution in [0.15, 0.2) is 0 Å². The number of rotatable bonds is 3. The Balaban J connectivity index is 2.65. The van der Waals surface area contributed by atoms with Gasteiger partial charge in [0.2, 0.25) is 0 Å². The number of carbonyl (C=O) groups excluding carboxylic acids is 1. The minimum Gasteiger partial charge on any atom is -0.480 e. The van der Waals surface area contributed by atoms with Crippen molar-refractivity contribution in [1.82, 2.24) is 10.2 Å². The lowest BCUT2D eigenvalue weighted by Gasteiger charge is -2.32. The van der Waals surface area contributed by atoms with Gasteiger partial charge in [-0.3, -0.25) is 0 Å². The third-order valence-corrected chi connectivity index (χ3v) is 4.07. The molecule has 1 rings (SSSR count). The Kier molecular flexibility index (Phi) is 5.84.